The van der Waals surface area contributed by atoms with Crippen LogP contribution in [-0.4, -0.2) is 57.3 Å². The molecule has 2 aromatic heterocycles. The zero-order valence-corrected chi connectivity index (χ0v) is 17.1. The van der Waals surface area contributed by atoms with E-state index in [0.717, 1.165) is 49.6 Å². The van der Waals surface area contributed by atoms with Gasteiger partial charge in [0.15, 0.2) is 0 Å². The van der Waals surface area contributed by atoms with Crippen molar-refractivity contribution in [1.82, 2.24) is 19.4 Å². The van der Waals surface area contributed by atoms with E-state index in [-0.39, 0.29) is 5.56 Å². The van der Waals surface area contributed by atoms with Crippen molar-refractivity contribution in [3.63, 3.8) is 0 Å². The summed E-state index contributed by atoms with van der Waals surface area (Å²) in [7, 11) is 0. The highest BCUT2D eigenvalue weighted by Gasteiger charge is 2.23. The first-order chi connectivity index (χ1) is 14.2. The minimum atomic E-state index is -0.532. The largest absolute Gasteiger partial charge is 0.385 e. The topological polar surface area (TPSA) is 74.5 Å². The van der Waals surface area contributed by atoms with Gasteiger partial charge in [0.2, 0.25) is 0 Å². The van der Waals surface area contributed by atoms with E-state index in [1.807, 2.05) is 23.6 Å². The summed E-state index contributed by atoms with van der Waals surface area (Å²) < 4.78 is 1.76. The summed E-state index contributed by atoms with van der Waals surface area (Å²) in [5.41, 5.74) is 4.44. The molecular formula is C21H25N5O2S. The van der Waals surface area contributed by atoms with Gasteiger partial charge in [-0.15, -0.1) is 11.3 Å². The minimum Gasteiger partial charge on any atom is -0.385 e. The van der Waals surface area contributed by atoms with Gasteiger partial charge in [0.05, 0.1) is 28.4 Å². The molecule has 0 amide bonds. The fourth-order valence-corrected chi connectivity index (χ4v) is 4.57. The first kappa shape index (κ1) is 18.7. The molecular weight excluding hydrogens is 386 g/mol. The second-order valence-electron chi connectivity index (χ2n) is 8.06. The SMILES string of the molecule is O=c1c2ccc(N3CCN(CC(O)c4cscn4)CC3)cc2ncn1CC1CC1. The fourth-order valence-electron chi connectivity index (χ4n) is 3.97. The first-order valence-electron chi connectivity index (χ1n) is 10.2. The minimum absolute atomic E-state index is 0.0642. The Balaban J connectivity index is 1.25. The van der Waals surface area contributed by atoms with Gasteiger partial charge in [0.1, 0.15) is 6.10 Å². The lowest BCUT2D eigenvalue weighted by atomic mass is 10.1. The Bertz CT molecular complexity index is 1040. The monoisotopic (exact) mass is 411 g/mol. The van der Waals surface area contributed by atoms with Gasteiger partial charge in [-0.1, -0.05) is 0 Å². The highest BCUT2D eigenvalue weighted by atomic mass is 32.1. The lowest BCUT2D eigenvalue weighted by Gasteiger charge is -2.36. The van der Waals surface area contributed by atoms with Crippen LogP contribution >= 0.6 is 11.3 Å². The predicted octanol–water partition coefficient (Wildman–Crippen LogP) is 2.12. The van der Waals surface area contributed by atoms with Gasteiger partial charge in [-0.25, -0.2) is 9.97 Å². The third-order valence-electron chi connectivity index (χ3n) is 5.92. The average molecular weight is 412 g/mol. The normalized spacial score (nSPS) is 19.0. The molecule has 0 bridgehead atoms. The number of aliphatic hydroxyl groups excluding tert-OH is 1. The average Bonchev–Trinajstić information content (AvgIpc) is 3.38. The Hall–Kier alpha value is -2.29. The number of benzene rings is 1. The number of aliphatic hydroxyl groups is 1. The zero-order valence-electron chi connectivity index (χ0n) is 16.3. The van der Waals surface area contributed by atoms with Crippen molar-refractivity contribution in [3.05, 3.63) is 51.5 Å². The molecule has 1 aliphatic carbocycles. The molecule has 5 rings (SSSR count). The molecule has 2 fully saturated rings. The maximum atomic E-state index is 12.7. The van der Waals surface area contributed by atoms with Crippen molar-refractivity contribution in [2.45, 2.75) is 25.5 Å². The van der Waals surface area contributed by atoms with Gasteiger partial charge in [-0.05, 0) is 37.0 Å². The van der Waals surface area contributed by atoms with Crippen LogP contribution < -0.4 is 10.5 Å². The number of hydrogen-bond acceptors (Lipinski definition) is 7. The van der Waals surface area contributed by atoms with Crippen molar-refractivity contribution >= 4 is 27.9 Å². The lowest BCUT2D eigenvalue weighted by molar-refractivity contribution is 0.107. The molecule has 0 spiro atoms. The van der Waals surface area contributed by atoms with Gasteiger partial charge < -0.3 is 10.0 Å². The third kappa shape index (κ3) is 4.05. The summed E-state index contributed by atoms with van der Waals surface area (Å²) in [5, 5.41) is 12.9. The molecule has 7 nitrogen and oxygen atoms in total. The number of rotatable bonds is 6. The van der Waals surface area contributed by atoms with Gasteiger partial charge >= 0.3 is 0 Å². The number of hydrogen-bond donors (Lipinski definition) is 1. The highest BCUT2D eigenvalue weighted by molar-refractivity contribution is 7.07. The van der Waals surface area contributed by atoms with E-state index in [4.69, 9.17) is 0 Å². The van der Waals surface area contributed by atoms with Crippen LogP contribution in [0.1, 0.15) is 24.6 Å². The zero-order chi connectivity index (χ0) is 19.8. The predicted molar refractivity (Wildman–Crippen MR) is 114 cm³/mol. The van der Waals surface area contributed by atoms with E-state index < -0.39 is 6.10 Å². The van der Waals surface area contributed by atoms with Crippen LogP contribution in [0.2, 0.25) is 0 Å². The highest BCUT2D eigenvalue weighted by Crippen LogP contribution is 2.30. The van der Waals surface area contributed by atoms with Crippen LogP contribution in [0.3, 0.4) is 0 Å². The summed E-state index contributed by atoms with van der Waals surface area (Å²) >= 11 is 1.51. The molecule has 1 N–H and O–H groups in total. The smallest absolute Gasteiger partial charge is 0.261 e. The molecule has 0 radical (unpaired) electrons. The van der Waals surface area contributed by atoms with Crippen LogP contribution in [0, 0.1) is 5.92 Å². The van der Waals surface area contributed by atoms with Crippen LogP contribution in [0.25, 0.3) is 10.9 Å². The number of aromatic nitrogens is 3. The van der Waals surface area contributed by atoms with Crippen molar-refractivity contribution < 1.29 is 5.11 Å². The van der Waals surface area contributed by atoms with E-state index in [1.165, 1.54) is 24.2 Å². The Labute approximate surface area is 173 Å². The van der Waals surface area contributed by atoms with Crippen LogP contribution in [0.5, 0.6) is 0 Å². The lowest BCUT2D eigenvalue weighted by Crippen LogP contribution is -2.47. The maximum absolute atomic E-state index is 12.7. The Morgan fingerprint density at radius 1 is 1.17 bits per heavy atom. The van der Waals surface area contributed by atoms with E-state index in [1.54, 1.807) is 16.4 Å². The van der Waals surface area contributed by atoms with Crippen molar-refractivity contribution in [1.29, 1.82) is 0 Å². The second-order valence-corrected chi connectivity index (χ2v) is 8.78. The molecule has 1 aromatic carbocycles. The molecule has 1 saturated carbocycles. The van der Waals surface area contributed by atoms with E-state index >= 15 is 0 Å². The number of nitrogens with zero attached hydrogens (tertiary/aromatic N) is 5. The molecule has 1 aliphatic heterocycles. The molecule has 1 saturated heterocycles. The molecule has 152 valence electrons. The van der Waals surface area contributed by atoms with Gasteiger partial charge in [-0.2, -0.15) is 0 Å². The summed E-state index contributed by atoms with van der Waals surface area (Å²) in [4.78, 5) is 26.0. The first-order valence-corrected chi connectivity index (χ1v) is 11.1. The number of thiazole rings is 1. The Morgan fingerprint density at radius 3 is 2.72 bits per heavy atom. The van der Waals surface area contributed by atoms with Crippen molar-refractivity contribution in [3.8, 4) is 0 Å². The van der Waals surface area contributed by atoms with Crippen LogP contribution in [-0.2, 0) is 6.54 Å². The molecule has 3 heterocycles. The van der Waals surface area contributed by atoms with Gasteiger partial charge in [-0.3, -0.25) is 14.3 Å². The van der Waals surface area contributed by atoms with E-state index in [9.17, 15) is 9.90 Å². The molecule has 3 aromatic rings. The van der Waals surface area contributed by atoms with Crippen LogP contribution in [0.4, 0.5) is 5.69 Å². The fraction of sp³-hybridized carbons (Fsp3) is 0.476. The number of fused-ring (bicyclic) bond motifs is 1. The standard InChI is InChI=1S/C21H25N5O2S/c27-20(19-12-29-14-23-19)11-24-5-7-25(8-6-24)16-3-4-17-18(9-16)22-13-26(21(17)28)10-15-1-2-15/h3-4,9,12-15,20,27H,1-2,5-8,10-11H2. The number of piperazine rings is 1. The van der Waals surface area contributed by atoms with Crippen molar-refractivity contribution in [2.24, 2.45) is 5.92 Å². The number of anilines is 1. The van der Waals surface area contributed by atoms with Gasteiger partial charge in [0.25, 0.3) is 5.56 Å². The Kier molecular flexibility index (Phi) is 5.07. The molecule has 1 atom stereocenters. The van der Waals surface area contributed by atoms with Crippen molar-refractivity contribution in [2.75, 3.05) is 37.6 Å². The van der Waals surface area contributed by atoms with E-state index in [2.05, 4.69) is 19.8 Å². The molecule has 2 aliphatic rings. The quantitative estimate of drug-likeness (QED) is 0.670. The maximum Gasteiger partial charge on any atom is 0.261 e. The summed E-state index contributed by atoms with van der Waals surface area (Å²) in [6.07, 6.45) is 3.60. The molecule has 8 heteroatoms. The summed E-state index contributed by atoms with van der Waals surface area (Å²) in [6, 6.07) is 5.98. The number of β-amino-alcohol motifs (C(OH)–C–C–N with tert-alkyl or cyclic N) is 1. The summed E-state index contributed by atoms with van der Waals surface area (Å²) in [6.45, 7) is 4.93. The third-order valence-corrected chi connectivity index (χ3v) is 6.53. The van der Waals surface area contributed by atoms with Crippen LogP contribution in [0.15, 0.2) is 40.2 Å². The molecule has 1 unspecified atom stereocenters. The summed E-state index contributed by atoms with van der Waals surface area (Å²) in [5.74, 6) is 0.650. The van der Waals surface area contributed by atoms with Gasteiger partial charge in [0, 0.05) is 50.3 Å². The second kappa shape index (κ2) is 7.85. The molecule has 29 heavy (non-hydrogen) atoms. The Morgan fingerprint density at radius 2 is 2.00 bits per heavy atom. The van der Waals surface area contributed by atoms with E-state index in [0.29, 0.717) is 17.8 Å².